The van der Waals surface area contributed by atoms with Crippen molar-refractivity contribution in [2.24, 2.45) is 0 Å². The zero-order valence-corrected chi connectivity index (χ0v) is 43.2. The molecule has 8 heteroatoms. The van der Waals surface area contributed by atoms with Gasteiger partial charge < -0.3 is 15.0 Å². The van der Waals surface area contributed by atoms with E-state index in [0.717, 1.165) is 125 Å². The van der Waals surface area contributed by atoms with Gasteiger partial charge in [0.05, 0.1) is 11.6 Å². The monoisotopic (exact) mass is 1180 g/mol. The number of halogens is 4. The first-order chi connectivity index (χ1) is 37.3. The Hall–Kier alpha value is -9.20. The molecule has 0 spiro atoms. The number of rotatable bonds is 11. The molecular weight excluding hydrogens is 1140 g/mol. The van der Waals surface area contributed by atoms with Gasteiger partial charge in [-0.2, -0.15) is 0 Å². The molecule has 0 saturated carbocycles. The Bertz CT molecular complexity index is 4080. The van der Waals surface area contributed by atoms with Crippen LogP contribution in [0.3, 0.4) is 0 Å². The van der Waals surface area contributed by atoms with Gasteiger partial charge in [-0.1, -0.05) is 169 Å². The molecule has 0 amide bonds. The average Bonchev–Trinajstić information content (AvgIpc) is 3.48. The van der Waals surface area contributed by atoms with E-state index in [1.165, 1.54) is 0 Å². The number of pyridine rings is 3. The molecule has 0 unspecified atom stereocenters. The third-order valence-electron chi connectivity index (χ3n) is 13.5. The predicted octanol–water partition coefficient (Wildman–Crippen LogP) is 18.2. The van der Waals surface area contributed by atoms with Crippen LogP contribution in [-0.4, -0.2) is 15.0 Å². The Kier molecular flexibility index (Phi) is 14.2. The van der Waals surface area contributed by atoms with Crippen molar-refractivity contribution in [3.8, 4) is 123 Å². The molecule has 368 valence electrons. The number of aromatic nitrogens is 3. The van der Waals surface area contributed by atoms with E-state index in [4.69, 9.17) is 9.97 Å². The van der Waals surface area contributed by atoms with Gasteiger partial charge in [-0.3, -0.25) is 13.2 Å². The van der Waals surface area contributed by atoms with Gasteiger partial charge in [-0.15, -0.1) is 71.8 Å². The molecule has 9 aromatic carbocycles. The Morgan fingerprint density at radius 2 is 0.792 bits per heavy atom. The average molecular weight is 1180 g/mol. The van der Waals surface area contributed by atoms with Crippen LogP contribution >= 0.6 is 0 Å². The number of hydrogen-bond donors (Lipinski definition) is 0. The number of benzene rings is 9. The van der Waals surface area contributed by atoms with E-state index in [9.17, 15) is 17.6 Å². The van der Waals surface area contributed by atoms with Crippen molar-refractivity contribution in [1.29, 1.82) is 0 Å². The van der Waals surface area contributed by atoms with Crippen molar-refractivity contribution in [2.45, 2.75) is 0 Å². The zero-order valence-electron chi connectivity index (χ0n) is 40.8. The summed E-state index contributed by atoms with van der Waals surface area (Å²) in [6, 6.07) is 80.4. The molecular formula is C69H40F4IrN3. The summed E-state index contributed by atoms with van der Waals surface area (Å²) in [5.74, 6) is -3.39. The summed E-state index contributed by atoms with van der Waals surface area (Å²) in [5, 5.41) is 0. The second kappa shape index (κ2) is 21.9. The van der Waals surface area contributed by atoms with Crippen LogP contribution in [0.2, 0.25) is 0 Å². The fourth-order valence-corrected chi connectivity index (χ4v) is 9.77. The molecule has 12 aromatic rings. The van der Waals surface area contributed by atoms with E-state index in [-0.39, 0.29) is 25.7 Å². The first-order valence-electron chi connectivity index (χ1n) is 24.5. The minimum absolute atomic E-state index is 0. The van der Waals surface area contributed by atoms with Crippen molar-refractivity contribution >= 4 is 0 Å². The van der Waals surface area contributed by atoms with Gasteiger partial charge in [0, 0.05) is 35.8 Å². The molecule has 0 saturated heterocycles. The molecule has 0 bridgehead atoms. The Balaban J connectivity index is 0.00000631. The van der Waals surface area contributed by atoms with Gasteiger partial charge in [-0.05, 0) is 119 Å². The molecule has 77 heavy (non-hydrogen) atoms. The van der Waals surface area contributed by atoms with Gasteiger partial charge in [0.15, 0.2) is 0 Å². The summed E-state index contributed by atoms with van der Waals surface area (Å²) >= 11 is 0. The van der Waals surface area contributed by atoms with Crippen molar-refractivity contribution in [1.82, 2.24) is 15.0 Å². The van der Waals surface area contributed by atoms with Gasteiger partial charge in [0.25, 0.3) is 0 Å². The SMILES string of the molecule is Fc1c[c-]c(-c2ccc(-c3ccccc3-c3cc(-c4ccccc4-c4ccc(-c5[c-]cc(F)c(F)c5)nc4)cc(-c4ccccc4-c4cnc(-c5[c-]cccc5)cc4-c4ccc(-c5ccccc5)cc4)c3)cn2)c(F)c1.[Ir+3]. The van der Waals surface area contributed by atoms with E-state index in [0.29, 0.717) is 17.0 Å². The van der Waals surface area contributed by atoms with Crippen LogP contribution in [-0.2, 0) is 20.1 Å². The summed E-state index contributed by atoms with van der Waals surface area (Å²) in [7, 11) is 0. The Labute approximate surface area is 457 Å². The molecule has 0 aliphatic rings. The summed E-state index contributed by atoms with van der Waals surface area (Å²) in [4.78, 5) is 14.4. The smallest absolute Gasteiger partial charge is 0.304 e. The quantitative estimate of drug-likeness (QED) is 0.0957. The summed E-state index contributed by atoms with van der Waals surface area (Å²) in [6.07, 6.45) is 5.40. The van der Waals surface area contributed by atoms with E-state index in [1.54, 1.807) is 24.5 Å². The van der Waals surface area contributed by atoms with Gasteiger partial charge in [0.2, 0.25) is 0 Å². The van der Waals surface area contributed by atoms with Crippen LogP contribution in [0.15, 0.2) is 243 Å². The summed E-state index contributed by atoms with van der Waals surface area (Å²) in [5.41, 5.74) is 18.1. The third kappa shape index (κ3) is 10.3. The number of hydrogen-bond acceptors (Lipinski definition) is 3. The second-order valence-corrected chi connectivity index (χ2v) is 18.2. The van der Waals surface area contributed by atoms with Crippen molar-refractivity contribution < 1.29 is 37.7 Å². The van der Waals surface area contributed by atoms with Crippen LogP contribution in [0.1, 0.15) is 0 Å². The largest absolute Gasteiger partial charge is 3.00 e. The van der Waals surface area contributed by atoms with Crippen LogP contribution in [0.5, 0.6) is 0 Å². The van der Waals surface area contributed by atoms with Gasteiger partial charge >= 0.3 is 20.1 Å². The Morgan fingerprint density at radius 3 is 1.35 bits per heavy atom. The molecule has 12 rings (SSSR count). The first-order valence-corrected chi connectivity index (χ1v) is 24.5. The van der Waals surface area contributed by atoms with Crippen LogP contribution < -0.4 is 0 Å². The molecule has 0 radical (unpaired) electrons. The Morgan fingerprint density at radius 1 is 0.286 bits per heavy atom. The molecule has 0 atom stereocenters. The molecule has 0 N–H and O–H groups in total. The fraction of sp³-hybridized carbons (Fsp3) is 0. The maximum Gasteiger partial charge on any atom is 3.00 e. The van der Waals surface area contributed by atoms with E-state index in [2.05, 4.69) is 114 Å². The van der Waals surface area contributed by atoms with E-state index >= 15 is 0 Å². The van der Waals surface area contributed by atoms with E-state index < -0.39 is 23.3 Å². The fourth-order valence-electron chi connectivity index (χ4n) is 9.77. The van der Waals surface area contributed by atoms with Crippen LogP contribution in [0, 0.1) is 41.5 Å². The van der Waals surface area contributed by atoms with E-state index in [1.807, 2.05) is 103 Å². The molecule has 0 aliphatic heterocycles. The second-order valence-electron chi connectivity index (χ2n) is 18.2. The minimum Gasteiger partial charge on any atom is -0.304 e. The van der Waals surface area contributed by atoms with Gasteiger partial charge in [-0.25, -0.2) is 4.39 Å². The van der Waals surface area contributed by atoms with Crippen LogP contribution in [0.4, 0.5) is 17.6 Å². The third-order valence-corrected chi connectivity index (χ3v) is 13.5. The van der Waals surface area contributed by atoms with Crippen LogP contribution in [0.25, 0.3) is 123 Å². The number of nitrogens with zero attached hydrogens (tertiary/aromatic N) is 3. The molecule has 3 aromatic heterocycles. The summed E-state index contributed by atoms with van der Waals surface area (Å²) < 4.78 is 56.9. The summed E-state index contributed by atoms with van der Waals surface area (Å²) in [6.45, 7) is 0. The maximum atomic E-state index is 14.9. The molecule has 0 fully saturated rings. The zero-order chi connectivity index (χ0) is 51.5. The van der Waals surface area contributed by atoms with Crippen molar-refractivity contribution in [3.05, 3.63) is 285 Å². The van der Waals surface area contributed by atoms with Crippen molar-refractivity contribution in [2.75, 3.05) is 0 Å². The maximum absolute atomic E-state index is 14.9. The first kappa shape index (κ1) is 50.0. The van der Waals surface area contributed by atoms with Gasteiger partial charge in [0.1, 0.15) is 0 Å². The minimum atomic E-state index is -0.973. The molecule has 0 aliphatic carbocycles. The predicted molar refractivity (Wildman–Crippen MR) is 296 cm³/mol. The van der Waals surface area contributed by atoms with Crippen molar-refractivity contribution in [3.63, 3.8) is 0 Å². The topological polar surface area (TPSA) is 38.7 Å². The standard InChI is InChI=1S/C69H40F4N3.Ir/c70-54-30-31-61(65(72)39-54)68-34-29-50(42-75-68)56-18-8-10-20-58(56)52-35-51(57-19-9-7-17-55(57)49-28-33-67(74-41-49)48-27-32-64(71)66(73)38-48)36-53(37-52)59-21-11-12-22-60(59)63-43-76-69(47-15-5-2-6-16-47)40-62(63)46-25-23-45(24-26-46)44-13-3-1-4-14-44;/h1-15,17-26,28-30,32-43H;/q-3;+3. The molecule has 3 heterocycles. The molecule has 3 nitrogen and oxygen atoms in total. The normalized spacial score (nSPS) is 11.0.